The van der Waals surface area contributed by atoms with E-state index in [1.54, 1.807) is 20.8 Å². The number of β-lactam (4-membered cyclic amide) rings is 1. The topological polar surface area (TPSA) is 110 Å². The SMILES string of the molecule is CCN1C(=O)[C@H]2N(C(=O)[C@@H](O)CNC(=O)c3cc(C)cc(O)c3C)CC(F)(F)C21C. The molecule has 2 aliphatic heterocycles. The first-order valence-corrected chi connectivity index (χ1v) is 9.63. The average molecular weight is 425 g/mol. The second kappa shape index (κ2) is 7.19. The molecule has 0 aliphatic carbocycles. The van der Waals surface area contributed by atoms with Gasteiger partial charge in [0.2, 0.25) is 5.91 Å². The lowest BCUT2D eigenvalue weighted by atomic mass is 9.78. The number of hydrogen-bond donors (Lipinski definition) is 3. The minimum Gasteiger partial charge on any atom is -0.508 e. The highest BCUT2D eigenvalue weighted by atomic mass is 19.3. The third-order valence-electron chi connectivity index (χ3n) is 6.12. The van der Waals surface area contributed by atoms with E-state index >= 15 is 0 Å². The monoisotopic (exact) mass is 425 g/mol. The Hall–Kier alpha value is -2.75. The Kier molecular flexibility index (Phi) is 5.26. The van der Waals surface area contributed by atoms with Crippen molar-refractivity contribution in [1.29, 1.82) is 0 Å². The number of carbonyl (C=O) groups excluding carboxylic acids is 3. The zero-order chi connectivity index (χ0) is 22.6. The second-order valence-electron chi connectivity index (χ2n) is 7.99. The summed E-state index contributed by atoms with van der Waals surface area (Å²) in [4.78, 5) is 39.0. The van der Waals surface area contributed by atoms with Crippen LogP contribution in [-0.2, 0) is 9.59 Å². The van der Waals surface area contributed by atoms with Crippen LogP contribution in [0.25, 0.3) is 0 Å². The molecule has 0 spiro atoms. The quantitative estimate of drug-likeness (QED) is 0.598. The van der Waals surface area contributed by atoms with Crippen LogP contribution in [0.4, 0.5) is 8.78 Å². The van der Waals surface area contributed by atoms with E-state index in [9.17, 15) is 33.4 Å². The number of likely N-dealkylation sites (N-methyl/N-ethyl adjacent to an activating group) is 1. The summed E-state index contributed by atoms with van der Waals surface area (Å²) in [5.74, 6) is -5.66. The Bertz CT molecular complexity index is 922. The van der Waals surface area contributed by atoms with Crippen molar-refractivity contribution in [1.82, 2.24) is 15.1 Å². The van der Waals surface area contributed by atoms with Gasteiger partial charge in [-0.3, -0.25) is 14.4 Å². The Labute approximate surface area is 172 Å². The maximum absolute atomic E-state index is 14.6. The maximum atomic E-state index is 14.6. The van der Waals surface area contributed by atoms with E-state index < -0.39 is 54.4 Å². The lowest BCUT2D eigenvalue weighted by Crippen LogP contribution is -2.78. The van der Waals surface area contributed by atoms with E-state index in [0.29, 0.717) is 16.0 Å². The molecule has 2 heterocycles. The van der Waals surface area contributed by atoms with Crippen LogP contribution in [0.3, 0.4) is 0 Å². The van der Waals surface area contributed by atoms with Gasteiger partial charge in [-0.1, -0.05) is 0 Å². The number of likely N-dealkylation sites (tertiary alicyclic amines) is 2. The molecule has 1 aromatic rings. The predicted octanol–water partition coefficient (Wildman–Crippen LogP) is 0.567. The highest BCUT2D eigenvalue weighted by Crippen LogP contribution is 2.52. The van der Waals surface area contributed by atoms with E-state index in [0.717, 1.165) is 4.90 Å². The van der Waals surface area contributed by atoms with E-state index in [1.165, 1.54) is 19.1 Å². The Morgan fingerprint density at radius 2 is 1.97 bits per heavy atom. The highest BCUT2D eigenvalue weighted by Gasteiger charge is 2.76. The normalized spacial score (nSPS) is 25.6. The fraction of sp³-hybridized carbons (Fsp3) is 0.550. The minimum atomic E-state index is -3.32. The van der Waals surface area contributed by atoms with Gasteiger partial charge < -0.3 is 25.3 Å². The standard InChI is InChI=1S/C20H25F2N3O5/c1-5-25-18(30)15-19(25,4)20(21,22)9-24(15)17(29)14(27)8-23-16(28)12-6-10(2)7-13(26)11(12)3/h6-7,14-15,26-27H,5,8-9H2,1-4H3,(H,23,28)/t14-,15+,19?/m0/s1. The van der Waals surface area contributed by atoms with Crippen LogP contribution >= 0.6 is 0 Å². The van der Waals surface area contributed by atoms with Crippen LogP contribution in [-0.4, -0.2) is 81.0 Å². The molecule has 0 aromatic heterocycles. The zero-order valence-electron chi connectivity index (χ0n) is 17.2. The summed E-state index contributed by atoms with van der Waals surface area (Å²) in [5, 5.41) is 22.4. The van der Waals surface area contributed by atoms with Crippen molar-refractivity contribution in [2.45, 2.75) is 51.3 Å². The number of alkyl halides is 2. The number of aromatic hydroxyl groups is 1. The number of benzene rings is 1. The third-order valence-corrected chi connectivity index (χ3v) is 6.12. The number of aryl methyl sites for hydroxylation is 1. The van der Waals surface area contributed by atoms with Gasteiger partial charge in [0.15, 0.2) is 0 Å². The number of halogens is 2. The number of aliphatic hydroxyl groups excluding tert-OH is 1. The Morgan fingerprint density at radius 1 is 1.33 bits per heavy atom. The number of phenolic OH excluding ortho intramolecular Hbond substituents is 1. The second-order valence-corrected chi connectivity index (χ2v) is 7.99. The molecule has 2 saturated heterocycles. The largest absolute Gasteiger partial charge is 0.508 e. The summed E-state index contributed by atoms with van der Waals surface area (Å²) in [6.07, 6.45) is -1.80. The van der Waals surface area contributed by atoms with Gasteiger partial charge in [-0.2, -0.15) is 0 Å². The smallest absolute Gasteiger partial charge is 0.290 e. The molecule has 2 aliphatic rings. The van der Waals surface area contributed by atoms with Crippen LogP contribution in [0, 0.1) is 13.8 Å². The number of phenols is 1. The highest BCUT2D eigenvalue weighted by molar-refractivity contribution is 5.99. The first-order valence-electron chi connectivity index (χ1n) is 9.63. The summed E-state index contributed by atoms with van der Waals surface area (Å²) < 4.78 is 29.2. The number of fused-ring (bicyclic) bond motifs is 1. The van der Waals surface area contributed by atoms with Gasteiger partial charge in [0.05, 0.1) is 13.1 Å². The van der Waals surface area contributed by atoms with Gasteiger partial charge in [-0.15, -0.1) is 0 Å². The molecule has 3 amide bonds. The zero-order valence-corrected chi connectivity index (χ0v) is 17.2. The number of nitrogens with zero attached hydrogens (tertiary/aromatic N) is 2. The van der Waals surface area contributed by atoms with Crippen molar-refractivity contribution < 1.29 is 33.4 Å². The summed E-state index contributed by atoms with van der Waals surface area (Å²) in [5.41, 5.74) is -0.676. The molecule has 164 valence electrons. The summed E-state index contributed by atoms with van der Waals surface area (Å²) in [7, 11) is 0. The van der Waals surface area contributed by atoms with Gasteiger partial charge >= 0.3 is 0 Å². The lowest BCUT2D eigenvalue weighted by Gasteiger charge is -2.54. The van der Waals surface area contributed by atoms with Gasteiger partial charge in [-0.25, -0.2) is 8.78 Å². The van der Waals surface area contributed by atoms with Crippen molar-refractivity contribution in [2.24, 2.45) is 0 Å². The van der Waals surface area contributed by atoms with E-state index in [-0.39, 0.29) is 17.9 Å². The Balaban J connectivity index is 1.70. The van der Waals surface area contributed by atoms with Gasteiger partial charge in [0.1, 0.15) is 23.4 Å². The number of amides is 3. The molecular formula is C20H25F2N3O5. The first kappa shape index (κ1) is 21.9. The number of rotatable bonds is 5. The lowest BCUT2D eigenvalue weighted by molar-refractivity contribution is -0.189. The molecule has 2 fully saturated rings. The Morgan fingerprint density at radius 3 is 2.57 bits per heavy atom. The molecule has 0 radical (unpaired) electrons. The molecule has 3 N–H and O–H groups in total. The third kappa shape index (κ3) is 3.01. The molecule has 30 heavy (non-hydrogen) atoms. The number of nitrogens with one attached hydrogen (secondary N) is 1. The summed E-state index contributed by atoms with van der Waals surface area (Å²) in [6, 6.07) is 1.68. The van der Waals surface area contributed by atoms with Crippen molar-refractivity contribution in [3.05, 3.63) is 28.8 Å². The number of aliphatic hydroxyl groups is 1. The van der Waals surface area contributed by atoms with Crippen LogP contribution in [0.15, 0.2) is 12.1 Å². The molecule has 0 bridgehead atoms. The van der Waals surface area contributed by atoms with E-state index in [1.807, 2.05) is 0 Å². The van der Waals surface area contributed by atoms with Crippen molar-refractivity contribution in [2.75, 3.05) is 19.6 Å². The fourth-order valence-electron chi connectivity index (χ4n) is 4.33. The molecule has 1 aromatic carbocycles. The average Bonchev–Trinajstić information content (AvgIpc) is 2.85. The van der Waals surface area contributed by atoms with E-state index in [4.69, 9.17) is 0 Å². The fourth-order valence-corrected chi connectivity index (χ4v) is 4.33. The van der Waals surface area contributed by atoms with Crippen LogP contribution in [0.2, 0.25) is 0 Å². The van der Waals surface area contributed by atoms with Crippen LogP contribution < -0.4 is 5.32 Å². The molecule has 3 atom stereocenters. The first-order chi connectivity index (χ1) is 13.9. The van der Waals surface area contributed by atoms with Crippen LogP contribution in [0.1, 0.15) is 35.3 Å². The van der Waals surface area contributed by atoms with Gasteiger partial charge in [0, 0.05) is 17.7 Å². The van der Waals surface area contributed by atoms with E-state index in [2.05, 4.69) is 5.32 Å². The summed E-state index contributed by atoms with van der Waals surface area (Å²) >= 11 is 0. The maximum Gasteiger partial charge on any atom is 0.290 e. The molecular weight excluding hydrogens is 400 g/mol. The molecule has 0 saturated carbocycles. The van der Waals surface area contributed by atoms with Crippen molar-refractivity contribution in [3.8, 4) is 5.75 Å². The van der Waals surface area contributed by atoms with Crippen molar-refractivity contribution in [3.63, 3.8) is 0 Å². The minimum absolute atomic E-state index is 0.0701. The predicted molar refractivity (Wildman–Crippen MR) is 102 cm³/mol. The van der Waals surface area contributed by atoms with Crippen molar-refractivity contribution >= 4 is 17.7 Å². The van der Waals surface area contributed by atoms with Gasteiger partial charge in [-0.05, 0) is 45.4 Å². The van der Waals surface area contributed by atoms with Crippen LogP contribution in [0.5, 0.6) is 5.75 Å². The molecule has 1 unspecified atom stereocenters. The number of hydrogen-bond acceptors (Lipinski definition) is 5. The molecule has 10 heteroatoms. The van der Waals surface area contributed by atoms with Gasteiger partial charge in [0.25, 0.3) is 17.7 Å². The number of carbonyl (C=O) groups is 3. The molecule has 3 rings (SSSR count). The summed E-state index contributed by atoms with van der Waals surface area (Å²) in [6.45, 7) is 4.62. The molecule has 8 nitrogen and oxygen atoms in total.